The predicted molar refractivity (Wildman–Crippen MR) is 107 cm³/mol. The quantitative estimate of drug-likeness (QED) is 0.792. The Morgan fingerprint density at radius 1 is 1.04 bits per heavy atom. The van der Waals surface area contributed by atoms with Crippen LogP contribution in [0.3, 0.4) is 0 Å². The average molecular weight is 343 g/mol. The van der Waals surface area contributed by atoms with E-state index >= 15 is 0 Å². The van der Waals surface area contributed by atoms with Gasteiger partial charge in [-0.15, -0.1) is 0 Å². The van der Waals surface area contributed by atoms with Crippen molar-refractivity contribution in [3.05, 3.63) is 89.1 Å². The lowest BCUT2D eigenvalue weighted by Crippen LogP contribution is -2.45. The third-order valence-corrected chi connectivity index (χ3v) is 6.05. The minimum absolute atomic E-state index is 0.189. The third-order valence-electron chi connectivity index (χ3n) is 6.05. The van der Waals surface area contributed by atoms with Crippen molar-refractivity contribution in [1.82, 2.24) is 4.90 Å². The van der Waals surface area contributed by atoms with Gasteiger partial charge in [0.25, 0.3) is 0 Å². The van der Waals surface area contributed by atoms with Crippen molar-refractivity contribution in [3.63, 3.8) is 0 Å². The number of hydrogen-bond acceptors (Lipinski definition) is 2. The number of likely N-dealkylation sites (N-methyl/N-ethyl adjacent to an activating group) is 1. The van der Waals surface area contributed by atoms with E-state index in [0.29, 0.717) is 0 Å². The molecule has 0 N–H and O–H groups in total. The normalized spacial score (nSPS) is 25.3. The Labute approximate surface area is 155 Å². The molecule has 0 radical (unpaired) electrons. The van der Waals surface area contributed by atoms with Gasteiger partial charge in [-0.3, -0.25) is 4.79 Å². The summed E-state index contributed by atoms with van der Waals surface area (Å²) < 4.78 is 0. The van der Waals surface area contributed by atoms with Gasteiger partial charge in [0.1, 0.15) is 0 Å². The summed E-state index contributed by atoms with van der Waals surface area (Å²) in [6.07, 6.45) is 3.64. The molecule has 2 aromatic rings. The second kappa shape index (κ2) is 6.28. The van der Waals surface area contributed by atoms with Crippen molar-refractivity contribution in [3.8, 4) is 0 Å². The molecule has 0 fully saturated rings. The maximum atomic E-state index is 13.2. The van der Waals surface area contributed by atoms with Crippen molar-refractivity contribution in [2.24, 2.45) is 5.41 Å². The van der Waals surface area contributed by atoms with Crippen molar-refractivity contribution in [2.45, 2.75) is 32.7 Å². The van der Waals surface area contributed by atoms with E-state index in [1.54, 1.807) is 0 Å². The molecule has 0 aromatic heterocycles. The Morgan fingerprint density at radius 3 is 2.31 bits per heavy atom. The van der Waals surface area contributed by atoms with Crippen LogP contribution in [0, 0.1) is 5.41 Å². The molecule has 0 amide bonds. The summed E-state index contributed by atoms with van der Waals surface area (Å²) in [5, 5.41) is 0. The minimum Gasteiger partial charge on any atom is -0.373 e. The molecule has 2 heteroatoms. The lowest BCUT2D eigenvalue weighted by Gasteiger charge is -2.38. The van der Waals surface area contributed by atoms with Crippen molar-refractivity contribution in [1.29, 1.82) is 0 Å². The van der Waals surface area contributed by atoms with Crippen molar-refractivity contribution >= 4 is 11.4 Å². The SMILES string of the molecule is CC1=CC(=O)[C@@]2(C)C(c3ccccc3)=C(Cc3ccccc3)N(C)[C@H]2C1. The molecule has 0 unspecified atom stereocenters. The fourth-order valence-electron chi connectivity index (χ4n) is 4.66. The predicted octanol–water partition coefficient (Wildman–Crippen LogP) is 4.88. The number of ketones is 1. The van der Waals surface area contributed by atoms with Gasteiger partial charge in [0.15, 0.2) is 5.78 Å². The lowest BCUT2D eigenvalue weighted by atomic mass is 9.67. The number of rotatable bonds is 3. The van der Waals surface area contributed by atoms with Crippen LogP contribution < -0.4 is 0 Å². The molecule has 0 saturated heterocycles. The monoisotopic (exact) mass is 343 g/mol. The first kappa shape index (κ1) is 16.8. The summed E-state index contributed by atoms with van der Waals surface area (Å²) in [7, 11) is 2.16. The first-order valence-corrected chi connectivity index (χ1v) is 9.29. The van der Waals surface area contributed by atoms with Crippen LogP contribution in [0.5, 0.6) is 0 Å². The fraction of sp³-hybridized carbons (Fsp3) is 0.292. The third kappa shape index (κ3) is 2.52. The van der Waals surface area contributed by atoms with Gasteiger partial charge < -0.3 is 4.90 Å². The fourth-order valence-corrected chi connectivity index (χ4v) is 4.66. The molecule has 0 spiro atoms. The Hall–Kier alpha value is -2.61. The summed E-state index contributed by atoms with van der Waals surface area (Å²) in [5.41, 5.74) is 5.60. The number of allylic oxidation sites excluding steroid dienone is 2. The molecule has 1 aliphatic carbocycles. The van der Waals surface area contributed by atoms with Crippen LogP contribution in [-0.2, 0) is 11.2 Å². The Kier molecular flexibility index (Phi) is 4.07. The highest BCUT2D eigenvalue weighted by atomic mass is 16.1. The van der Waals surface area contributed by atoms with Crippen molar-refractivity contribution in [2.75, 3.05) is 7.05 Å². The van der Waals surface area contributed by atoms with Crippen molar-refractivity contribution < 1.29 is 4.79 Å². The summed E-state index contributed by atoms with van der Waals surface area (Å²) >= 11 is 0. The van der Waals surface area contributed by atoms with Gasteiger partial charge in [0.2, 0.25) is 0 Å². The highest BCUT2D eigenvalue weighted by Crippen LogP contribution is 2.53. The van der Waals surface area contributed by atoms with E-state index in [-0.39, 0.29) is 11.8 Å². The van der Waals surface area contributed by atoms with E-state index in [0.717, 1.165) is 18.4 Å². The number of carbonyl (C=O) groups is 1. The second-order valence-corrected chi connectivity index (χ2v) is 7.74. The highest BCUT2D eigenvalue weighted by Gasteiger charge is 2.53. The first-order chi connectivity index (χ1) is 12.5. The average Bonchev–Trinajstić information content (AvgIpc) is 2.86. The molecule has 4 rings (SSSR count). The zero-order chi connectivity index (χ0) is 18.3. The summed E-state index contributed by atoms with van der Waals surface area (Å²) in [5.74, 6) is 0.236. The van der Waals surface area contributed by atoms with Crippen LogP contribution in [0.2, 0.25) is 0 Å². The zero-order valence-electron chi connectivity index (χ0n) is 15.7. The van der Waals surface area contributed by atoms with Crippen LogP contribution in [0.25, 0.3) is 5.57 Å². The topological polar surface area (TPSA) is 20.3 Å². The number of hydrogen-bond donors (Lipinski definition) is 0. The first-order valence-electron chi connectivity index (χ1n) is 9.29. The number of carbonyl (C=O) groups excluding carboxylic acids is 1. The largest absolute Gasteiger partial charge is 0.373 e. The molecule has 26 heavy (non-hydrogen) atoms. The number of nitrogens with zero attached hydrogens (tertiary/aromatic N) is 1. The van der Waals surface area contributed by atoms with E-state index in [1.807, 2.05) is 18.2 Å². The maximum absolute atomic E-state index is 13.2. The van der Waals surface area contributed by atoms with E-state index in [2.05, 4.69) is 74.3 Å². The molecule has 2 aliphatic rings. The smallest absolute Gasteiger partial charge is 0.168 e. The molecule has 2 aromatic carbocycles. The summed E-state index contributed by atoms with van der Waals surface area (Å²) in [6, 6.07) is 21.2. The zero-order valence-corrected chi connectivity index (χ0v) is 15.7. The molecular formula is C24H25NO. The van der Waals surface area contributed by atoms with Gasteiger partial charge in [0.05, 0.1) is 5.41 Å². The van der Waals surface area contributed by atoms with E-state index < -0.39 is 5.41 Å². The number of fused-ring (bicyclic) bond motifs is 1. The van der Waals surface area contributed by atoms with E-state index in [1.165, 1.54) is 22.4 Å². The molecular weight excluding hydrogens is 318 g/mol. The molecule has 2 atom stereocenters. The molecule has 1 heterocycles. The molecule has 0 saturated carbocycles. The lowest BCUT2D eigenvalue weighted by molar-refractivity contribution is -0.122. The van der Waals surface area contributed by atoms with Crippen LogP contribution >= 0.6 is 0 Å². The van der Waals surface area contributed by atoms with Gasteiger partial charge >= 0.3 is 0 Å². The highest BCUT2D eigenvalue weighted by molar-refractivity contribution is 6.07. The van der Waals surface area contributed by atoms with Crippen LogP contribution in [0.4, 0.5) is 0 Å². The summed E-state index contributed by atoms with van der Waals surface area (Å²) in [6.45, 7) is 4.21. The summed E-state index contributed by atoms with van der Waals surface area (Å²) in [4.78, 5) is 15.6. The Bertz CT molecular complexity index is 894. The number of benzene rings is 2. The van der Waals surface area contributed by atoms with E-state index in [9.17, 15) is 4.79 Å². The van der Waals surface area contributed by atoms with Gasteiger partial charge in [0, 0.05) is 25.2 Å². The van der Waals surface area contributed by atoms with Gasteiger partial charge in [-0.1, -0.05) is 66.2 Å². The Morgan fingerprint density at radius 2 is 1.65 bits per heavy atom. The van der Waals surface area contributed by atoms with Crippen LogP contribution in [0.1, 0.15) is 31.4 Å². The Balaban J connectivity index is 1.90. The maximum Gasteiger partial charge on any atom is 0.168 e. The van der Waals surface area contributed by atoms with Gasteiger partial charge in [-0.2, -0.15) is 0 Å². The standard InChI is InChI=1S/C24H25NO/c1-17-14-21-24(2,22(26)15-17)23(19-12-8-5-9-13-19)20(25(21)3)16-18-10-6-4-7-11-18/h4-13,15,21H,14,16H2,1-3H3/t21-,24-/m0/s1. The van der Waals surface area contributed by atoms with Crippen LogP contribution in [-0.4, -0.2) is 23.8 Å². The van der Waals surface area contributed by atoms with Crippen LogP contribution in [0.15, 0.2) is 78.0 Å². The molecule has 0 bridgehead atoms. The van der Waals surface area contributed by atoms with E-state index in [4.69, 9.17) is 0 Å². The van der Waals surface area contributed by atoms with Gasteiger partial charge in [-0.05, 0) is 43.0 Å². The van der Waals surface area contributed by atoms with Gasteiger partial charge in [-0.25, -0.2) is 0 Å². The molecule has 132 valence electrons. The second-order valence-electron chi connectivity index (χ2n) is 7.74. The molecule has 2 nitrogen and oxygen atoms in total. The molecule has 1 aliphatic heterocycles. The minimum atomic E-state index is -0.486.